The molecule has 0 aliphatic rings. The lowest BCUT2D eigenvalue weighted by atomic mass is 10.1. The molecule has 0 aliphatic heterocycles. The van der Waals surface area contributed by atoms with E-state index in [1.54, 1.807) is 20.2 Å². The van der Waals surface area contributed by atoms with Gasteiger partial charge in [0.2, 0.25) is 0 Å². The van der Waals surface area contributed by atoms with Crippen LogP contribution in [0.1, 0.15) is 28.4 Å². The smallest absolute Gasteiger partial charge is 0.338 e. The predicted octanol–water partition coefficient (Wildman–Crippen LogP) is 2.74. The molecule has 0 saturated carbocycles. The minimum absolute atomic E-state index is 0.139. The topological polar surface area (TPSA) is 72.0 Å². The summed E-state index contributed by atoms with van der Waals surface area (Å²) in [6, 6.07) is 17.1. The number of hydrogen-bond donors (Lipinski definition) is 2. The fraction of sp³-hybridized carbons (Fsp3) is 0.333. The van der Waals surface area contributed by atoms with Crippen LogP contribution in [0, 0.1) is 0 Å². The van der Waals surface area contributed by atoms with Crippen molar-refractivity contribution in [2.75, 3.05) is 20.8 Å². The van der Waals surface area contributed by atoms with Crippen molar-refractivity contribution in [2.24, 2.45) is 4.99 Å². The van der Waals surface area contributed by atoms with Gasteiger partial charge in [0.15, 0.2) is 5.96 Å². The van der Waals surface area contributed by atoms with Crippen LogP contribution in [-0.4, -0.2) is 38.7 Å². The van der Waals surface area contributed by atoms with Gasteiger partial charge < -0.3 is 20.1 Å². The zero-order valence-corrected chi connectivity index (χ0v) is 16.1. The standard InChI is InChI=1S/C21H27N3O3/c1-16(14-26-3)24-21(22-2)23-13-18-10-7-11-19(12-18)20(25)27-15-17-8-5-4-6-9-17/h4-12,16H,13-15H2,1-3H3,(H2,22,23,24). The van der Waals surface area contributed by atoms with Crippen molar-refractivity contribution < 1.29 is 14.3 Å². The number of esters is 1. The molecule has 2 aromatic carbocycles. The van der Waals surface area contributed by atoms with E-state index in [4.69, 9.17) is 9.47 Å². The molecule has 0 heterocycles. The first kappa shape index (κ1) is 20.5. The summed E-state index contributed by atoms with van der Waals surface area (Å²) >= 11 is 0. The van der Waals surface area contributed by atoms with Crippen LogP contribution in [0.3, 0.4) is 0 Å². The molecule has 2 aromatic rings. The summed E-state index contributed by atoms with van der Waals surface area (Å²) in [6.07, 6.45) is 0. The number of carbonyl (C=O) groups is 1. The number of carbonyl (C=O) groups excluding carboxylic acids is 1. The first-order valence-electron chi connectivity index (χ1n) is 8.88. The second-order valence-electron chi connectivity index (χ2n) is 6.19. The number of ether oxygens (including phenoxy) is 2. The average Bonchev–Trinajstić information content (AvgIpc) is 2.70. The van der Waals surface area contributed by atoms with Gasteiger partial charge in [-0.25, -0.2) is 4.79 Å². The third-order valence-electron chi connectivity index (χ3n) is 3.86. The Morgan fingerprint density at radius 1 is 1.11 bits per heavy atom. The van der Waals surface area contributed by atoms with Gasteiger partial charge >= 0.3 is 5.97 Å². The highest BCUT2D eigenvalue weighted by Gasteiger charge is 2.09. The van der Waals surface area contributed by atoms with Gasteiger partial charge in [-0.05, 0) is 30.2 Å². The minimum Gasteiger partial charge on any atom is -0.457 e. The fourth-order valence-corrected chi connectivity index (χ4v) is 2.52. The SMILES string of the molecule is CN=C(NCc1cccc(C(=O)OCc2ccccc2)c1)NC(C)COC. The number of hydrogen-bond acceptors (Lipinski definition) is 4. The van der Waals surface area contributed by atoms with Crippen LogP contribution in [0.2, 0.25) is 0 Å². The maximum Gasteiger partial charge on any atom is 0.338 e. The van der Waals surface area contributed by atoms with E-state index in [2.05, 4.69) is 15.6 Å². The van der Waals surface area contributed by atoms with Crippen LogP contribution < -0.4 is 10.6 Å². The van der Waals surface area contributed by atoms with Crippen LogP contribution in [0.15, 0.2) is 59.6 Å². The van der Waals surface area contributed by atoms with Crippen molar-refractivity contribution in [3.63, 3.8) is 0 Å². The molecule has 27 heavy (non-hydrogen) atoms. The summed E-state index contributed by atoms with van der Waals surface area (Å²) in [7, 11) is 3.38. The van der Waals surface area contributed by atoms with Crippen LogP contribution in [-0.2, 0) is 22.6 Å². The molecule has 0 bridgehead atoms. The van der Waals surface area contributed by atoms with E-state index < -0.39 is 0 Å². The van der Waals surface area contributed by atoms with Crippen molar-refractivity contribution in [3.8, 4) is 0 Å². The Kier molecular flexibility index (Phi) is 8.32. The Labute approximate surface area is 160 Å². The quantitative estimate of drug-likeness (QED) is 0.425. The molecule has 6 nitrogen and oxygen atoms in total. The Bertz CT molecular complexity index is 747. The summed E-state index contributed by atoms with van der Waals surface area (Å²) in [5.74, 6) is 0.341. The molecule has 1 unspecified atom stereocenters. The molecular weight excluding hydrogens is 342 g/mol. The second-order valence-corrected chi connectivity index (χ2v) is 6.19. The van der Waals surface area contributed by atoms with Gasteiger partial charge in [0, 0.05) is 26.7 Å². The molecule has 2 rings (SSSR count). The monoisotopic (exact) mass is 369 g/mol. The lowest BCUT2D eigenvalue weighted by Crippen LogP contribution is -2.43. The van der Waals surface area contributed by atoms with Gasteiger partial charge in [0.05, 0.1) is 12.2 Å². The summed E-state index contributed by atoms with van der Waals surface area (Å²) < 4.78 is 10.5. The van der Waals surface area contributed by atoms with Gasteiger partial charge in [0.1, 0.15) is 6.61 Å². The number of nitrogens with zero attached hydrogens (tertiary/aromatic N) is 1. The Balaban J connectivity index is 1.89. The van der Waals surface area contributed by atoms with E-state index in [-0.39, 0.29) is 18.6 Å². The van der Waals surface area contributed by atoms with Crippen LogP contribution in [0.4, 0.5) is 0 Å². The lowest BCUT2D eigenvalue weighted by molar-refractivity contribution is 0.0472. The number of nitrogens with one attached hydrogen (secondary N) is 2. The zero-order valence-electron chi connectivity index (χ0n) is 16.1. The van der Waals surface area contributed by atoms with Gasteiger partial charge in [-0.2, -0.15) is 0 Å². The second kappa shape index (κ2) is 11.0. The normalized spacial score (nSPS) is 12.3. The number of methoxy groups -OCH3 is 1. The highest BCUT2D eigenvalue weighted by molar-refractivity contribution is 5.89. The van der Waals surface area contributed by atoms with Gasteiger partial charge in [0.25, 0.3) is 0 Å². The lowest BCUT2D eigenvalue weighted by Gasteiger charge is -2.17. The molecule has 0 spiro atoms. The summed E-state index contributed by atoms with van der Waals surface area (Å²) in [6.45, 7) is 3.40. The molecular formula is C21H27N3O3. The minimum atomic E-state index is -0.336. The molecule has 1 atom stereocenters. The zero-order chi connectivity index (χ0) is 19.5. The molecule has 0 saturated heterocycles. The Morgan fingerprint density at radius 2 is 1.85 bits per heavy atom. The molecule has 144 valence electrons. The third kappa shape index (κ3) is 7.11. The van der Waals surface area contributed by atoms with E-state index in [1.165, 1.54) is 0 Å². The third-order valence-corrected chi connectivity index (χ3v) is 3.86. The van der Waals surface area contributed by atoms with Crippen molar-refractivity contribution >= 4 is 11.9 Å². The van der Waals surface area contributed by atoms with Crippen LogP contribution in [0.5, 0.6) is 0 Å². The van der Waals surface area contributed by atoms with Gasteiger partial charge in [-0.3, -0.25) is 4.99 Å². The Morgan fingerprint density at radius 3 is 2.56 bits per heavy atom. The fourth-order valence-electron chi connectivity index (χ4n) is 2.52. The molecule has 2 N–H and O–H groups in total. The van der Waals surface area contributed by atoms with Crippen molar-refractivity contribution in [2.45, 2.75) is 26.1 Å². The van der Waals surface area contributed by atoms with E-state index in [0.717, 1.165) is 11.1 Å². The van der Waals surface area contributed by atoms with E-state index >= 15 is 0 Å². The highest BCUT2D eigenvalue weighted by Crippen LogP contribution is 2.09. The van der Waals surface area contributed by atoms with E-state index in [0.29, 0.717) is 24.7 Å². The van der Waals surface area contributed by atoms with Crippen molar-refractivity contribution in [3.05, 3.63) is 71.3 Å². The molecule has 0 radical (unpaired) electrons. The highest BCUT2D eigenvalue weighted by atomic mass is 16.5. The van der Waals surface area contributed by atoms with E-state index in [1.807, 2.05) is 55.5 Å². The van der Waals surface area contributed by atoms with Gasteiger partial charge in [-0.15, -0.1) is 0 Å². The maximum absolute atomic E-state index is 12.3. The Hall–Kier alpha value is -2.86. The first-order valence-corrected chi connectivity index (χ1v) is 8.88. The predicted molar refractivity (Wildman–Crippen MR) is 107 cm³/mol. The molecule has 0 amide bonds. The van der Waals surface area contributed by atoms with Crippen LogP contribution >= 0.6 is 0 Å². The molecule has 0 aromatic heterocycles. The van der Waals surface area contributed by atoms with Crippen LogP contribution in [0.25, 0.3) is 0 Å². The van der Waals surface area contributed by atoms with Crippen molar-refractivity contribution in [1.82, 2.24) is 10.6 Å². The van der Waals surface area contributed by atoms with E-state index in [9.17, 15) is 4.79 Å². The number of guanidine groups is 1. The van der Waals surface area contributed by atoms with Gasteiger partial charge in [-0.1, -0.05) is 42.5 Å². The molecule has 0 fully saturated rings. The average molecular weight is 369 g/mol. The summed E-state index contributed by atoms with van der Waals surface area (Å²) in [4.78, 5) is 16.5. The molecule has 6 heteroatoms. The number of aliphatic imine (C=N–C) groups is 1. The summed E-state index contributed by atoms with van der Waals surface area (Å²) in [5, 5.41) is 6.47. The number of benzene rings is 2. The summed E-state index contributed by atoms with van der Waals surface area (Å²) in [5.41, 5.74) is 2.45. The number of rotatable bonds is 8. The molecule has 0 aliphatic carbocycles. The maximum atomic E-state index is 12.3. The van der Waals surface area contributed by atoms with Crippen molar-refractivity contribution in [1.29, 1.82) is 0 Å². The first-order chi connectivity index (χ1) is 13.1. The largest absolute Gasteiger partial charge is 0.457 e.